The highest BCUT2D eigenvalue weighted by molar-refractivity contribution is 7.89. The fourth-order valence-corrected chi connectivity index (χ4v) is 6.26. The molecule has 0 unspecified atom stereocenters. The highest BCUT2D eigenvalue weighted by Crippen LogP contribution is 2.38. The summed E-state index contributed by atoms with van der Waals surface area (Å²) in [6, 6.07) is 18.7. The number of anilines is 1. The van der Waals surface area contributed by atoms with Gasteiger partial charge in [0.1, 0.15) is 17.0 Å². The average molecular weight is 451 g/mol. The molecule has 2 aromatic heterocycles. The first-order chi connectivity index (χ1) is 15.1. The molecule has 0 atom stereocenters. The summed E-state index contributed by atoms with van der Waals surface area (Å²) in [6.45, 7) is 1.47. The Kier molecular flexibility index (Phi) is 5.43. The molecule has 0 amide bonds. The molecule has 2 aromatic carbocycles. The van der Waals surface area contributed by atoms with Gasteiger partial charge in [0, 0.05) is 30.1 Å². The van der Waals surface area contributed by atoms with Gasteiger partial charge in [0.15, 0.2) is 0 Å². The Hall–Kier alpha value is -2.81. The van der Waals surface area contributed by atoms with Crippen LogP contribution in [-0.4, -0.2) is 37.5 Å². The Labute approximate surface area is 185 Å². The van der Waals surface area contributed by atoms with E-state index in [1.54, 1.807) is 41.9 Å². The zero-order valence-corrected chi connectivity index (χ0v) is 18.4. The van der Waals surface area contributed by atoms with Crippen LogP contribution in [0.5, 0.6) is 0 Å². The van der Waals surface area contributed by atoms with Gasteiger partial charge in [-0.25, -0.2) is 23.1 Å². The summed E-state index contributed by atoms with van der Waals surface area (Å²) < 4.78 is 28.2. The number of benzene rings is 2. The van der Waals surface area contributed by atoms with Crippen molar-refractivity contribution in [1.82, 2.24) is 14.7 Å². The normalized spacial score (nSPS) is 15.4. The first kappa shape index (κ1) is 20.1. The molecule has 158 valence electrons. The lowest BCUT2D eigenvalue weighted by Gasteiger charge is -2.33. The molecule has 0 aliphatic carbocycles. The lowest BCUT2D eigenvalue weighted by molar-refractivity contribution is 0.459. The third-order valence-corrected chi connectivity index (χ3v) is 8.03. The first-order valence-electron chi connectivity index (χ1n) is 10.2. The first-order valence-corrected chi connectivity index (χ1v) is 12.6. The maximum Gasteiger partial charge on any atom is 0.240 e. The van der Waals surface area contributed by atoms with Crippen molar-refractivity contribution in [1.29, 1.82) is 0 Å². The molecule has 1 N–H and O–H groups in total. The van der Waals surface area contributed by atoms with Crippen LogP contribution in [0, 0.1) is 0 Å². The molecule has 6 nitrogen and oxygen atoms in total. The van der Waals surface area contributed by atoms with E-state index in [4.69, 9.17) is 0 Å². The quantitative estimate of drug-likeness (QED) is 0.491. The van der Waals surface area contributed by atoms with Gasteiger partial charge in [0.2, 0.25) is 10.0 Å². The summed E-state index contributed by atoms with van der Waals surface area (Å²) in [5.41, 5.74) is 2.29. The second-order valence-electron chi connectivity index (χ2n) is 7.59. The third-order valence-electron chi connectivity index (χ3n) is 5.60. The number of aromatic nitrogens is 2. The molecule has 4 aromatic rings. The number of sulfonamides is 1. The Balaban J connectivity index is 1.36. The van der Waals surface area contributed by atoms with E-state index in [0.29, 0.717) is 4.90 Å². The van der Waals surface area contributed by atoms with Crippen LogP contribution in [0.15, 0.2) is 77.3 Å². The van der Waals surface area contributed by atoms with Crippen molar-refractivity contribution >= 4 is 37.4 Å². The van der Waals surface area contributed by atoms with E-state index in [1.807, 2.05) is 24.3 Å². The Bertz CT molecular complexity index is 1280. The standard InChI is InChI=1S/C23H22N4O2S2/c28-31(29,19-9-5-2-6-10-19)26-18-11-13-27(14-12-18)22-21-20(17-7-3-1-4-8-17)15-30-23(21)25-16-24-22/h1-10,15-16,18,26H,11-14H2. The van der Waals surface area contributed by atoms with Crippen molar-refractivity contribution in [3.8, 4) is 11.1 Å². The second kappa shape index (κ2) is 8.37. The van der Waals surface area contributed by atoms with Gasteiger partial charge in [-0.2, -0.15) is 0 Å². The molecule has 0 bridgehead atoms. The van der Waals surface area contributed by atoms with Crippen LogP contribution in [0.2, 0.25) is 0 Å². The molecular weight excluding hydrogens is 428 g/mol. The minimum Gasteiger partial charge on any atom is -0.356 e. The highest BCUT2D eigenvalue weighted by Gasteiger charge is 2.27. The van der Waals surface area contributed by atoms with E-state index in [0.717, 1.165) is 53.1 Å². The summed E-state index contributed by atoms with van der Waals surface area (Å²) >= 11 is 1.62. The molecule has 1 aliphatic rings. The summed E-state index contributed by atoms with van der Waals surface area (Å²) in [4.78, 5) is 12.6. The minimum atomic E-state index is -3.50. The Morgan fingerprint density at radius 3 is 2.32 bits per heavy atom. The van der Waals surface area contributed by atoms with E-state index in [9.17, 15) is 8.42 Å². The lowest BCUT2D eigenvalue weighted by atomic mass is 10.0. The number of fused-ring (bicyclic) bond motifs is 1. The summed E-state index contributed by atoms with van der Waals surface area (Å²) in [6.07, 6.45) is 3.07. The van der Waals surface area contributed by atoms with E-state index in [2.05, 4.69) is 37.1 Å². The SMILES string of the molecule is O=S(=O)(NC1CCN(c2ncnc3scc(-c4ccccc4)c23)CC1)c1ccccc1. The van der Waals surface area contributed by atoms with Crippen molar-refractivity contribution in [2.24, 2.45) is 0 Å². The monoisotopic (exact) mass is 450 g/mol. The number of nitrogens with zero attached hydrogens (tertiary/aromatic N) is 3. The number of thiophene rings is 1. The van der Waals surface area contributed by atoms with Crippen molar-refractivity contribution in [2.45, 2.75) is 23.8 Å². The Morgan fingerprint density at radius 1 is 0.935 bits per heavy atom. The summed E-state index contributed by atoms with van der Waals surface area (Å²) in [5, 5.41) is 3.21. The lowest BCUT2D eigenvalue weighted by Crippen LogP contribution is -2.44. The van der Waals surface area contributed by atoms with E-state index >= 15 is 0 Å². The topological polar surface area (TPSA) is 75.2 Å². The predicted molar refractivity (Wildman–Crippen MR) is 125 cm³/mol. The molecule has 1 fully saturated rings. The molecule has 8 heteroatoms. The van der Waals surface area contributed by atoms with Crippen LogP contribution in [0.4, 0.5) is 5.82 Å². The van der Waals surface area contributed by atoms with E-state index in [-0.39, 0.29) is 6.04 Å². The van der Waals surface area contributed by atoms with Gasteiger partial charge < -0.3 is 4.90 Å². The van der Waals surface area contributed by atoms with Crippen LogP contribution in [0.25, 0.3) is 21.3 Å². The van der Waals surface area contributed by atoms with E-state index < -0.39 is 10.0 Å². The average Bonchev–Trinajstić information content (AvgIpc) is 3.25. The van der Waals surface area contributed by atoms with Gasteiger partial charge in [-0.05, 0) is 30.5 Å². The highest BCUT2D eigenvalue weighted by atomic mass is 32.2. The minimum absolute atomic E-state index is 0.0881. The van der Waals surface area contributed by atoms with Gasteiger partial charge in [0.25, 0.3) is 0 Å². The maximum absolute atomic E-state index is 12.6. The number of rotatable bonds is 5. The van der Waals surface area contributed by atoms with Crippen molar-refractivity contribution < 1.29 is 8.42 Å². The van der Waals surface area contributed by atoms with Crippen molar-refractivity contribution in [2.75, 3.05) is 18.0 Å². The van der Waals surface area contributed by atoms with Crippen LogP contribution in [0.3, 0.4) is 0 Å². The number of nitrogens with one attached hydrogen (secondary N) is 1. The second-order valence-corrected chi connectivity index (χ2v) is 10.2. The zero-order valence-electron chi connectivity index (χ0n) is 16.8. The van der Waals surface area contributed by atoms with Crippen LogP contribution in [0.1, 0.15) is 12.8 Å². The number of hydrogen-bond acceptors (Lipinski definition) is 6. The zero-order chi connectivity index (χ0) is 21.3. The summed E-state index contributed by atoms with van der Waals surface area (Å²) in [5.74, 6) is 0.925. The smallest absolute Gasteiger partial charge is 0.240 e. The van der Waals surface area contributed by atoms with Gasteiger partial charge in [-0.3, -0.25) is 0 Å². The largest absolute Gasteiger partial charge is 0.356 e. The van der Waals surface area contributed by atoms with Gasteiger partial charge in [-0.1, -0.05) is 48.5 Å². The van der Waals surface area contributed by atoms with Crippen LogP contribution >= 0.6 is 11.3 Å². The predicted octanol–water partition coefficient (Wildman–Crippen LogP) is 4.31. The summed E-state index contributed by atoms with van der Waals surface area (Å²) in [7, 11) is -3.50. The van der Waals surface area contributed by atoms with E-state index in [1.165, 1.54) is 0 Å². The van der Waals surface area contributed by atoms with Gasteiger partial charge in [-0.15, -0.1) is 11.3 Å². The third kappa shape index (κ3) is 4.06. The molecule has 0 spiro atoms. The molecule has 1 aliphatic heterocycles. The molecular formula is C23H22N4O2S2. The van der Waals surface area contributed by atoms with Gasteiger partial charge >= 0.3 is 0 Å². The maximum atomic E-state index is 12.6. The number of piperidine rings is 1. The molecule has 0 saturated carbocycles. The molecule has 31 heavy (non-hydrogen) atoms. The van der Waals surface area contributed by atoms with Crippen molar-refractivity contribution in [3.63, 3.8) is 0 Å². The number of hydrogen-bond donors (Lipinski definition) is 1. The van der Waals surface area contributed by atoms with Gasteiger partial charge in [0.05, 0.1) is 10.3 Å². The molecule has 5 rings (SSSR count). The molecule has 1 saturated heterocycles. The van der Waals surface area contributed by atoms with Crippen molar-refractivity contribution in [3.05, 3.63) is 72.4 Å². The molecule has 3 heterocycles. The van der Waals surface area contributed by atoms with Crippen LogP contribution in [-0.2, 0) is 10.0 Å². The molecule has 0 radical (unpaired) electrons. The van der Waals surface area contributed by atoms with Crippen LogP contribution < -0.4 is 9.62 Å². The fraction of sp³-hybridized carbons (Fsp3) is 0.217. The fourth-order valence-electron chi connectivity index (χ4n) is 4.03. The Morgan fingerprint density at radius 2 is 1.61 bits per heavy atom.